The van der Waals surface area contributed by atoms with Crippen molar-refractivity contribution < 1.29 is 4.79 Å². The van der Waals surface area contributed by atoms with Crippen LogP contribution in [0, 0.1) is 6.92 Å². The van der Waals surface area contributed by atoms with E-state index in [4.69, 9.17) is 5.10 Å². The number of carbonyl (C=O) groups is 1. The van der Waals surface area contributed by atoms with Gasteiger partial charge in [-0.2, -0.15) is 5.10 Å². The Morgan fingerprint density at radius 2 is 2.00 bits per heavy atom. The van der Waals surface area contributed by atoms with Gasteiger partial charge in [-0.3, -0.25) is 9.78 Å². The molecule has 1 aliphatic carbocycles. The fourth-order valence-corrected chi connectivity index (χ4v) is 5.11. The summed E-state index contributed by atoms with van der Waals surface area (Å²) in [5, 5.41) is 5.79. The van der Waals surface area contributed by atoms with E-state index in [9.17, 15) is 4.79 Å². The second-order valence-electron chi connectivity index (χ2n) is 8.65. The monoisotopic (exact) mass is 506 g/mol. The lowest BCUT2D eigenvalue weighted by molar-refractivity contribution is -0.132. The minimum absolute atomic E-state index is 0.176. The largest absolute Gasteiger partial charge is 0.361 e. The van der Waals surface area contributed by atoms with Crippen LogP contribution in [0.2, 0.25) is 0 Å². The Bertz CT molecular complexity index is 1260. The highest BCUT2D eigenvalue weighted by atomic mass is 79.9. The maximum absolute atomic E-state index is 13.5. The normalized spacial score (nSPS) is 14.2. The first-order valence-corrected chi connectivity index (χ1v) is 12.2. The van der Waals surface area contributed by atoms with Gasteiger partial charge in [-0.05, 0) is 55.7 Å². The molecule has 8 heteroatoms. The quantitative estimate of drug-likeness (QED) is 0.386. The van der Waals surface area contributed by atoms with Gasteiger partial charge >= 0.3 is 0 Å². The van der Waals surface area contributed by atoms with Gasteiger partial charge in [0.05, 0.1) is 13.0 Å². The first-order valence-electron chi connectivity index (χ1n) is 11.5. The number of nitrogens with zero attached hydrogens (tertiary/aromatic N) is 5. The smallest absolute Gasteiger partial charge is 0.227 e. The van der Waals surface area contributed by atoms with Crippen LogP contribution in [0.5, 0.6) is 0 Å². The average molecular weight is 507 g/mol. The van der Waals surface area contributed by atoms with Crippen LogP contribution in [-0.4, -0.2) is 48.1 Å². The van der Waals surface area contributed by atoms with Crippen molar-refractivity contribution in [3.63, 3.8) is 0 Å². The molecule has 4 aromatic rings. The van der Waals surface area contributed by atoms with Gasteiger partial charge in [-0.25, -0.2) is 9.67 Å². The van der Waals surface area contributed by atoms with Gasteiger partial charge in [-0.1, -0.05) is 28.8 Å². The number of aromatic nitrogens is 5. The van der Waals surface area contributed by atoms with Gasteiger partial charge in [0.25, 0.3) is 0 Å². The van der Waals surface area contributed by atoms with E-state index >= 15 is 0 Å². The van der Waals surface area contributed by atoms with E-state index in [1.54, 1.807) is 12.4 Å². The summed E-state index contributed by atoms with van der Waals surface area (Å²) in [6.07, 6.45) is 10.4. The maximum atomic E-state index is 13.5. The number of amides is 1. The highest BCUT2D eigenvalue weighted by molar-refractivity contribution is 9.10. The van der Waals surface area contributed by atoms with Crippen molar-refractivity contribution in [1.82, 2.24) is 29.6 Å². The third-order valence-electron chi connectivity index (χ3n) is 6.50. The number of rotatable bonds is 7. The molecule has 170 valence electrons. The third-order valence-corrected chi connectivity index (χ3v) is 7.00. The van der Waals surface area contributed by atoms with Crippen LogP contribution in [0.4, 0.5) is 0 Å². The number of aryl methyl sites for hydroxylation is 1. The van der Waals surface area contributed by atoms with Crippen LogP contribution in [0.1, 0.15) is 37.1 Å². The second-order valence-corrected chi connectivity index (χ2v) is 9.56. The molecule has 0 saturated heterocycles. The summed E-state index contributed by atoms with van der Waals surface area (Å²) in [4.78, 5) is 27.6. The van der Waals surface area contributed by atoms with Gasteiger partial charge in [-0.15, -0.1) is 0 Å². The summed E-state index contributed by atoms with van der Waals surface area (Å²) >= 11 is 3.55. The van der Waals surface area contributed by atoms with Crippen molar-refractivity contribution in [2.75, 3.05) is 6.54 Å². The lowest BCUT2D eigenvalue weighted by Crippen LogP contribution is -2.42. The van der Waals surface area contributed by atoms with Crippen molar-refractivity contribution in [2.45, 2.75) is 51.6 Å². The van der Waals surface area contributed by atoms with Gasteiger partial charge in [0, 0.05) is 52.1 Å². The summed E-state index contributed by atoms with van der Waals surface area (Å²) in [6, 6.07) is 10.2. The van der Waals surface area contributed by atoms with Gasteiger partial charge < -0.3 is 9.88 Å². The summed E-state index contributed by atoms with van der Waals surface area (Å²) in [6.45, 7) is 3.23. The van der Waals surface area contributed by atoms with Crippen LogP contribution in [0.3, 0.4) is 0 Å². The average Bonchev–Trinajstić information content (AvgIpc) is 3.56. The van der Waals surface area contributed by atoms with E-state index in [1.807, 2.05) is 42.1 Å². The molecule has 0 unspecified atom stereocenters. The Morgan fingerprint density at radius 3 is 2.79 bits per heavy atom. The number of benzene rings is 1. The fourth-order valence-electron chi connectivity index (χ4n) is 4.75. The number of H-pyrrole nitrogens is 1. The zero-order valence-electron chi connectivity index (χ0n) is 18.7. The second kappa shape index (κ2) is 9.47. The zero-order chi connectivity index (χ0) is 22.8. The van der Waals surface area contributed by atoms with E-state index in [0.29, 0.717) is 31.4 Å². The van der Waals surface area contributed by atoms with Crippen molar-refractivity contribution in [1.29, 1.82) is 0 Å². The first-order chi connectivity index (χ1) is 16.1. The minimum Gasteiger partial charge on any atom is -0.361 e. The van der Waals surface area contributed by atoms with Gasteiger partial charge in [0.1, 0.15) is 5.82 Å². The van der Waals surface area contributed by atoms with Crippen LogP contribution in [0.15, 0.2) is 53.4 Å². The summed E-state index contributed by atoms with van der Waals surface area (Å²) < 4.78 is 2.93. The highest BCUT2D eigenvalue weighted by Crippen LogP contribution is 2.27. The number of fused-ring (bicyclic) bond motifs is 1. The fraction of sp³-hybridized carbons (Fsp3) is 0.360. The number of aromatic amines is 1. The van der Waals surface area contributed by atoms with Crippen LogP contribution in [-0.2, 0) is 17.8 Å². The predicted molar refractivity (Wildman–Crippen MR) is 132 cm³/mol. The molecule has 3 heterocycles. The van der Waals surface area contributed by atoms with Gasteiger partial charge in [0.15, 0.2) is 5.82 Å². The number of halogens is 1. The summed E-state index contributed by atoms with van der Waals surface area (Å²) in [5.74, 6) is 1.72. The number of nitrogens with one attached hydrogen (secondary N) is 1. The van der Waals surface area contributed by atoms with Crippen molar-refractivity contribution in [3.05, 3.63) is 64.8 Å². The molecule has 1 amide bonds. The molecule has 1 aromatic carbocycles. The number of hydrogen-bond donors (Lipinski definition) is 1. The number of hydrogen-bond acceptors (Lipinski definition) is 4. The minimum atomic E-state index is 0.176. The molecule has 5 rings (SSSR count). The first kappa shape index (κ1) is 21.8. The lowest BCUT2D eigenvalue weighted by atomic mass is 10.1. The number of pyridine rings is 1. The number of carbonyl (C=O) groups excluding carboxylic acids is 1. The van der Waals surface area contributed by atoms with E-state index in [2.05, 4.69) is 41.8 Å². The van der Waals surface area contributed by atoms with Gasteiger partial charge in [0.2, 0.25) is 5.91 Å². The molecule has 0 atom stereocenters. The lowest BCUT2D eigenvalue weighted by Gasteiger charge is -2.29. The maximum Gasteiger partial charge on any atom is 0.227 e. The molecular weight excluding hydrogens is 480 g/mol. The molecular formula is C25H27BrN6O. The van der Waals surface area contributed by atoms with E-state index in [-0.39, 0.29) is 5.91 Å². The van der Waals surface area contributed by atoms with Crippen molar-refractivity contribution in [3.8, 4) is 11.4 Å². The van der Waals surface area contributed by atoms with E-state index < -0.39 is 0 Å². The molecule has 1 fully saturated rings. The Morgan fingerprint density at radius 1 is 1.21 bits per heavy atom. The van der Waals surface area contributed by atoms with E-state index in [1.165, 1.54) is 12.8 Å². The molecule has 0 spiro atoms. The summed E-state index contributed by atoms with van der Waals surface area (Å²) in [7, 11) is 0. The molecule has 1 saturated carbocycles. The highest BCUT2D eigenvalue weighted by Gasteiger charge is 2.27. The Kier molecular flexibility index (Phi) is 6.26. The molecule has 0 bridgehead atoms. The topological polar surface area (TPSA) is 79.7 Å². The van der Waals surface area contributed by atoms with Crippen LogP contribution in [0.25, 0.3) is 22.3 Å². The molecule has 1 aliphatic rings. The van der Waals surface area contributed by atoms with Crippen LogP contribution < -0.4 is 0 Å². The zero-order valence-corrected chi connectivity index (χ0v) is 20.3. The van der Waals surface area contributed by atoms with Crippen LogP contribution >= 0.6 is 15.9 Å². The Hall–Kier alpha value is -3.00. The standard InChI is InChI=1S/C25H27BrN6O/c1-17-29-25(18-8-10-27-11-9-18)30-32(17)13-12-31(21-4-2-3-5-21)24(33)14-19-16-28-23-7-6-20(26)15-22(19)23/h6-11,15-16,21,28H,2-5,12-14H2,1H3. The molecule has 1 N–H and O–H groups in total. The molecule has 3 aromatic heterocycles. The van der Waals surface area contributed by atoms with Crippen molar-refractivity contribution in [2.24, 2.45) is 0 Å². The van der Waals surface area contributed by atoms with E-state index in [0.717, 1.165) is 45.2 Å². The Labute approximate surface area is 201 Å². The molecule has 0 aliphatic heterocycles. The molecule has 0 radical (unpaired) electrons. The Balaban J connectivity index is 1.33. The SMILES string of the molecule is Cc1nc(-c2ccncc2)nn1CCN(C(=O)Cc1c[nH]c2ccc(Br)cc12)C1CCCC1. The summed E-state index contributed by atoms with van der Waals surface area (Å²) in [5.41, 5.74) is 3.03. The molecule has 33 heavy (non-hydrogen) atoms. The van der Waals surface area contributed by atoms with Crippen molar-refractivity contribution >= 4 is 32.7 Å². The molecule has 7 nitrogen and oxygen atoms in total. The third kappa shape index (κ3) is 4.71. The predicted octanol–water partition coefficient (Wildman–Crippen LogP) is 4.91.